The van der Waals surface area contributed by atoms with Crippen LogP contribution in [0.5, 0.6) is 0 Å². The van der Waals surface area contributed by atoms with Crippen LogP contribution < -0.4 is 10.6 Å². The molecule has 0 spiro atoms. The van der Waals surface area contributed by atoms with Gasteiger partial charge in [0.2, 0.25) is 0 Å². The fraction of sp³-hybridized carbons (Fsp3) is 1.00. The normalized spacial score (nSPS) is 35.2. The zero-order chi connectivity index (χ0) is 13.8. The SMILES string of the molecule is CC1CCN(C2CNCCC2CN2CCNCC2)CC1. The van der Waals surface area contributed by atoms with Crippen molar-refractivity contribution in [1.82, 2.24) is 20.4 Å². The van der Waals surface area contributed by atoms with E-state index < -0.39 is 0 Å². The summed E-state index contributed by atoms with van der Waals surface area (Å²) in [6.07, 6.45) is 4.16. The summed E-state index contributed by atoms with van der Waals surface area (Å²) in [4.78, 5) is 5.48. The third kappa shape index (κ3) is 3.73. The highest BCUT2D eigenvalue weighted by Gasteiger charge is 2.32. The molecule has 116 valence electrons. The maximum atomic E-state index is 3.64. The lowest BCUT2D eigenvalue weighted by molar-refractivity contribution is 0.0584. The minimum atomic E-state index is 0.783. The second kappa shape index (κ2) is 7.21. The van der Waals surface area contributed by atoms with E-state index >= 15 is 0 Å². The van der Waals surface area contributed by atoms with E-state index in [1.54, 1.807) is 0 Å². The van der Waals surface area contributed by atoms with E-state index in [9.17, 15) is 0 Å². The van der Waals surface area contributed by atoms with Crippen molar-refractivity contribution in [3.8, 4) is 0 Å². The first-order valence-corrected chi connectivity index (χ1v) is 8.71. The molecule has 2 N–H and O–H groups in total. The van der Waals surface area contributed by atoms with Gasteiger partial charge in [0.15, 0.2) is 0 Å². The fourth-order valence-electron chi connectivity index (χ4n) is 4.12. The molecule has 2 atom stereocenters. The molecule has 0 saturated carbocycles. The van der Waals surface area contributed by atoms with Gasteiger partial charge in [-0.25, -0.2) is 0 Å². The molecule has 3 fully saturated rings. The molecule has 0 radical (unpaired) electrons. The molecule has 0 aromatic heterocycles. The number of hydrogen-bond donors (Lipinski definition) is 2. The van der Waals surface area contributed by atoms with Crippen molar-refractivity contribution in [2.75, 3.05) is 58.9 Å². The summed E-state index contributed by atoms with van der Waals surface area (Å²) >= 11 is 0. The van der Waals surface area contributed by atoms with Gasteiger partial charge >= 0.3 is 0 Å². The number of hydrogen-bond acceptors (Lipinski definition) is 4. The lowest BCUT2D eigenvalue weighted by Crippen LogP contribution is -2.57. The van der Waals surface area contributed by atoms with Gasteiger partial charge in [-0.05, 0) is 50.7 Å². The Morgan fingerprint density at radius 3 is 2.40 bits per heavy atom. The molecule has 0 aliphatic carbocycles. The molecular formula is C16H32N4. The lowest BCUT2D eigenvalue weighted by Gasteiger charge is -2.45. The summed E-state index contributed by atoms with van der Waals surface area (Å²) in [7, 11) is 0. The standard InChI is InChI=1S/C16H32N4/c1-14-3-8-20(9-4-14)16-12-18-5-2-15(16)13-19-10-6-17-7-11-19/h14-18H,2-13H2,1H3. The molecule has 0 amide bonds. The zero-order valence-corrected chi connectivity index (χ0v) is 13.1. The minimum Gasteiger partial charge on any atom is -0.315 e. The lowest BCUT2D eigenvalue weighted by atomic mass is 9.88. The average Bonchev–Trinajstić information content (AvgIpc) is 2.50. The molecule has 3 heterocycles. The van der Waals surface area contributed by atoms with E-state index in [2.05, 4.69) is 27.4 Å². The first-order chi connectivity index (χ1) is 9.83. The topological polar surface area (TPSA) is 30.5 Å². The Kier molecular flexibility index (Phi) is 5.32. The number of piperazine rings is 1. The highest BCUT2D eigenvalue weighted by Crippen LogP contribution is 2.25. The van der Waals surface area contributed by atoms with Crippen LogP contribution in [0.15, 0.2) is 0 Å². The predicted molar refractivity (Wildman–Crippen MR) is 84.0 cm³/mol. The maximum absolute atomic E-state index is 3.64. The fourth-order valence-corrected chi connectivity index (χ4v) is 4.12. The highest BCUT2D eigenvalue weighted by atomic mass is 15.2. The third-order valence-corrected chi connectivity index (χ3v) is 5.58. The smallest absolute Gasteiger partial charge is 0.0261 e. The van der Waals surface area contributed by atoms with Crippen LogP contribution >= 0.6 is 0 Å². The van der Waals surface area contributed by atoms with Crippen molar-refractivity contribution >= 4 is 0 Å². The maximum Gasteiger partial charge on any atom is 0.0261 e. The largest absolute Gasteiger partial charge is 0.315 e. The second-order valence-corrected chi connectivity index (χ2v) is 7.09. The molecule has 0 bridgehead atoms. The Morgan fingerprint density at radius 2 is 1.65 bits per heavy atom. The van der Waals surface area contributed by atoms with Crippen molar-refractivity contribution < 1.29 is 0 Å². The molecule has 3 rings (SSSR count). The monoisotopic (exact) mass is 280 g/mol. The summed E-state index contributed by atoms with van der Waals surface area (Å²) in [5.74, 6) is 1.82. The zero-order valence-electron chi connectivity index (χ0n) is 13.1. The van der Waals surface area contributed by atoms with Gasteiger partial charge in [-0.15, -0.1) is 0 Å². The number of piperidine rings is 2. The van der Waals surface area contributed by atoms with Crippen LogP contribution in [0.4, 0.5) is 0 Å². The van der Waals surface area contributed by atoms with Gasteiger partial charge in [-0.2, -0.15) is 0 Å². The summed E-state index contributed by atoms with van der Waals surface area (Å²) in [5, 5.41) is 7.11. The first-order valence-electron chi connectivity index (χ1n) is 8.71. The van der Waals surface area contributed by atoms with Crippen molar-refractivity contribution in [2.24, 2.45) is 11.8 Å². The van der Waals surface area contributed by atoms with Crippen molar-refractivity contribution in [2.45, 2.75) is 32.2 Å². The third-order valence-electron chi connectivity index (χ3n) is 5.58. The Bertz CT molecular complexity index is 282. The quantitative estimate of drug-likeness (QED) is 0.793. The molecule has 3 aliphatic rings. The summed E-state index contributed by atoms with van der Waals surface area (Å²) in [6.45, 7) is 13.7. The molecule has 3 saturated heterocycles. The number of likely N-dealkylation sites (tertiary alicyclic amines) is 1. The second-order valence-electron chi connectivity index (χ2n) is 7.09. The van der Waals surface area contributed by atoms with Gasteiger partial charge in [0.25, 0.3) is 0 Å². The van der Waals surface area contributed by atoms with E-state index in [1.807, 2.05) is 0 Å². The molecular weight excluding hydrogens is 248 g/mol. The van der Waals surface area contributed by atoms with Crippen LogP contribution in [0, 0.1) is 11.8 Å². The number of nitrogens with one attached hydrogen (secondary N) is 2. The summed E-state index contributed by atoms with van der Waals surface area (Å²) in [5.41, 5.74) is 0. The molecule has 4 heteroatoms. The number of rotatable bonds is 3. The summed E-state index contributed by atoms with van der Waals surface area (Å²) in [6, 6.07) is 0.783. The van der Waals surface area contributed by atoms with Gasteiger partial charge in [-0.1, -0.05) is 6.92 Å². The Balaban J connectivity index is 1.55. The van der Waals surface area contributed by atoms with E-state index in [-0.39, 0.29) is 0 Å². The summed E-state index contributed by atoms with van der Waals surface area (Å²) < 4.78 is 0. The average molecular weight is 280 g/mol. The van der Waals surface area contributed by atoms with Crippen LogP contribution in [0.25, 0.3) is 0 Å². The van der Waals surface area contributed by atoms with Gasteiger partial charge in [0, 0.05) is 45.3 Å². The Morgan fingerprint density at radius 1 is 0.900 bits per heavy atom. The van der Waals surface area contributed by atoms with E-state index in [4.69, 9.17) is 0 Å². The van der Waals surface area contributed by atoms with E-state index in [0.717, 1.165) is 17.9 Å². The van der Waals surface area contributed by atoms with E-state index in [0.29, 0.717) is 0 Å². The molecule has 0 aromatic rings. The Hall–Kier alpha value is -0.160. The molecule has 0 aromatic carbocycles. The van der Waals surface area contributed by atoms with Crippen LogP contribution in [0.3, 0.4) is 0 Å². The minimum absolute atomic E-state index is 0.783. The van der Waals surface area contributed by atoms with Crippen molar-refractivity contribution in [3.05, 3.63) is 0 Å². The van der Waals surface area contributed by atoms with Crippen LogP contribution in [0.1, 0.15) is 26.2 Å². The van der Waals surface area contributed by atoms with Crippen molar-refractivity contribution in [1.29, 1.82) is 0 Å². The number of nitrogens with zero attached hydrogens (tertiary/aromatic N) is 2. The molecule has 4 nitrogen and oxygen atoms in total. The van der Waals surface area contributed by atoms with Crippen LogP contribution in [-0.4, -0.2) is 74.7 Å². The van der Waals surface area contributed by atoms with Crippen LogP contribution in [-0.2, 0) is 0 Å². The van der Waals surface area contributed by atoms with Gasteiger partial charge < -0.3 is 15.5 Å². The van der Waals surface area contributed by atoms with Gasteiger partial charge in [-0.3, -0.25) is 4.90 Å². The van der Waals surface area contributed by atoms with Crippen LogP contribution in [0.2, 0.25) is 0 Å². The first kappa shape index (κ1) is 14.8. The molecule has 20 heavy (non-hydrogen) atoms. The highest BCUT2D eigenvalue weighted by molar-refractivity contribution is 4.89. The van der Waals surface area contributed by atoms with E-state index in [1.165, 1.54) is 78.2 Å². The van der Waals surface area contributed by atoms with Gasteiger partial charge in [0.1, 0.15) is 0 Å². The molecule has 3 aliphatic heterocycles. The Labute approximate surface area is 124 Å². The van der Waals surface area contributed by atoms with Gasteiger partial charge in [0.05, 0.1) is 0 Å². The molecule has 2 unspecified atom stereocenters. The van der Waals surface area contributed by atoms with Crippen molar-refractivity contribution in [3.63, 3.8) is 0 Å². The predicted octanol–water partition coefficient (Wildman–Crippen LogP) is 0.602.